The zero-order valence-corrected chi connectivity index (χ0v) is 9.73. The molecule has 1 fully saturated rings. The highest BCUT2D eigenvalue weighted by atomic mass is 19.1. The van der Waals surface area contributed by atoms with Crippen LogP contribution in [0.4, 0.5) is 4.39 Å². The molecule has 0 aliphatic heterocycles. The summed E-state index contributed by atoms with van der Waals surface area (Å²) in [6.07, 6.45) is 3.25. The second-order valence-electron chi connectivity index (χ2n) is 4.76. The lowest BCUT2D eigenvalue weighted by Gasteiger charge is -2.38. The van der Waals surface area contributed by atoms with Gasteiger partial charge >= 0.3 is 0 Å². The summed E-state index contributed by atoms with van der Waals surface area (Å²) in [5, 5.41) is 9.52. The third-order valence-electron chi connectivity index (χ3n) is 3.26. The number of aliphatic hydroxyl groups excluding tert-OH is 1. The Balaban J connectivity index is 2.13. The summed E-state index contributed by atoms with van der Waals surface area (Å²) in [6, 6.07) is 6.03. The van der Waals surface area contributed by atoms with Crippen LogP contribution in [0, 0.1) is 5.82 Å². The lowest BCUT2D eigenvalue weighted by atomic mass is 9.82. The fourth-order valence-corrected chi connectivity index (χ4v) is 2.42. The van der Waals surface area contributed by atoms with E-state index in [-0.39, 0.29) is 18.5 Å². The SMILES string of the molecule is NC1CCCC(CO)(Oc2cccc(F)c2)C1. The van der Waals surface area contributed by atoms with Crippen LogP contribution in [0.5, 0.6) is 5.75 Å². The molecule has 4 heteroatoms. The molecule has 0 bridgehead atoms. The van der Waals surface area contributed by atoms with Crippen molar-refractivity contribution in [3.05, 3.63) is 30.1 Å². The van der Waals surface area contributed by atoms with Crippen molar-refractivity contribution < 1.29 is 14.2 Å². The van der Waals surface area contributed by atoms with Crippen LogP contribution in [-0.4, -0.2) is 23.4 Å². The van der Waals surface area contributed by atoms with Gasteiger partial charge in [-0.1, -0.05) is 6.07 Å². The van der Waals surface area contributed by atoms with E-state index in [1.807, 2.05) is 0 Å². The van der Waals surface area contributed by atoms with Crippen LogP contribution in [0.25, 0.3) is 0 Å². The predicted molar refractivity (Wildman–Crippen MR) is 63.3 cm³/mol. The van der Waals surface area contributed by atoms with E-state index in [0.29, 0.717) is 12.2 Å². The van der Waals surface area contributed by atoms with Crippen LogP contribution < -0.4 is 10.5 Å². The molecule has 1 saturated carbocycles. The van der Waals surface area contributed by atoms with Gasteiger partial charge in [-0.05, 0) is 31.4 Å². The maximum absolute atomic E-state index is 13.1. The van der Waals surface area contributed by atoms with Gasteiger partial charge in [-0.3, -0.25) is 0 Å². The molecule has 2 rings (SSSR count). The summed E-state index contributed by atoms with van der Waals surface area (Å²) >= 11 is 0. The number of ether oxygens (including phenoxy) is 1. The van der Waals surface area contributed by atoms with Gasteiger partial charge in [0.1, 0.15) is 17.2 Å². The largest absolute Gasteiger partial charge is 0.485 e. The molecule has 0 aromatic heterocycles. The normalized spacial score (nSPS) is 29.0. The first kappa shape index (κ1) is 12.3. The van der Waals surface area contributed by atoms with E-state index in [2.05, 4.69) is 0 Å². The zero-order chi connectivity index (χ0) is 12.3. The summed E-state index contributed by atoms with van der Waals surface area (Å²) in [7, 11) is 0. The maximum Gasteiger partial charge on any atom is 0.133 e. The molecule has 1 aromatic carbocycles. The van der Waals surface area contributed by atoms with Crippen LogP contribution in [0.3, 0.4) is 0 Å². The van der Waals surface area contributed by atoms with E-state index in [9.17, 15) is 9.50 Å². The number of nitrogens with two attached hydrogens (primary N) is 1. The molecule has 0 radical (unpaired) electrons. The number of aliphatic hydroxyl groups is 1. The average molecular weight is 239 g/mol. The average Bonchev–Trinajstić information content (AvgIpc) is 2.29. The van der Waals surface area contributed by atoms with E-state index in [0.717, 1.165) is 19.3 Å². The molecule has 3 N–H and O–H groups in total. The summed E-state index contributed by atoms with van der Waals surface area (Å²) in [5.41, 5.74) is 5.26. The van der Waals surface area contributed by atoms with Crippen molar-refractivity contribution in [2.45, 2.75) is 37.3 Å². The Bertz CT molecular complexity index is 385. The fraction of sp³-hybridized carbons (Fsp3) is 0.538. The number of hydrogen-bond acceptors (Lipinski definition) is 3. The number of rotatable bonds is 3. The van der Waals surface area contributed by atoms with E-state index in [1.165, 1.54) is 12.1 Å². The van der Waals surface area contributed by atoms with Crippen LogP contribution in [-0.2, 0) is 0 Å². The Morgan fingerprint density at radius 1 is 1.53 bits per heavy atom. The highest BCUT2D eigenvalue weighted by Gasteiger charge is 2.36. The van der Waals surface area contributed by atoms with Gasteiger partial charge in [-0.25, -0.2) is 4.39 Å². The minimum Gasteiger partial charge on any atom is -0.485 e. The minimum atomic E-state index is -0.647. The quantitative estimate of drug-likeness (QED) is 0.846. The summed E-state index contributed by atoms with van der Waals surface area (Å²) in [6.45, 7) is -0.0861. The second kappa shape index (κ2) is 5.02. The van der Waals surface area contributed by atoms with Crippen molar-refractivity contribution in [2.24, 2.45) is 5.73 Å². The molecule has 1 aromatic rings. The first-order valence-electron chi connectivity index (χ1n) is 5.95. The third-order valence-corrected chi connectivity index (χ3v) is 3.26. The smallest absolute Gasteiger partial charge is 0.133 e. The van der Waals surface area contributed by atoms with Gasteiger partial charge in [0.15, 0.2) is 0 Å². The number of halogens is 1. The van der Waals surface area contributed by atoms with Crippen LogP contribution in [0.2, 0.25) is 0 Å². The standard InChI is InChI=1S/C13H18FNO2/c14-10-3-1-5-12(7-10)17-13(9-16)6-2-4-11(15)8-13/h1,3,5,7,11,16H,2,4,6,8-9,15H2. The Hall–Kier alpha value is -1.13. The molecule has 0 amide bonds. The van der Waals surface area contributed by atoms with Gasteiger partial charge in [0, 0.05) is 18.5 Å². The molecule has 1 aliphatic rings. The first-order chi connectivity index (χ1) is 8.13. The minimum absolute atomic E-state index is 0.0458. The van der Waals surface area contributed by atoms with E-state index < -0.39 is 5.60 Å². The Labute approximate surface area is 100 Å². The van der Waals surface area contributed by atoms with Gasteiger partial charge < -0.3 is 15.6 Å². The summed E-state index contributed by atoms with van der Waals surface area (Å²) < 4.78 is 18.8. The summed E-state index contributed by atoms with van der Waals surface area (Å²) in [4.78, 5) is 0. The van der Waals surface area contributed by atoms with Crippen molar-refractivity contribution >= 4 is 0 Å². The molecular formula is C13H18FNO2. The van der Waals surface area contributed by atoms with Gasteiger partial charge in [0.25, 0.3) is 0 Å². The maximum atomic E-state index is 13.1. The van der Waals surface area contributed by atoms with Crippen LogP contribution in [0.1, 0.15) is 25.7 Å². The van der Waals surface area contributed by atoms with Crippen molar-refractivity contribution in [1.29, 1.82) is 0 Å². The first-order valence-corrected chi connectivity index (χ1v) is 5.95. The number of hydrogen-bond donors (Lipinski definition) is 2. The number of benzene rings is 1. The van der Waals surface area contributed by atoms with Crippen molar-refractivity contribution in [1.82, 2.24) is 0 Å². The molecule has 2 unspecified atom stereocenters. The van der Waals surface area contributed by atoms with E-state index in [1.54, 1.807) is 12.1 Å². The predicted octanol–water partition coefficient (Wildman–Crippen LogP) is 1.84. The van der Waals surface area contributed by atoms with Gasteiger partial charge in [-0.15, -0.1) is 0 Å². The molecular weight excluding hydrogens is 221 g/mol. The van der Waals surface area contributed by atoms with Gasteiger partial charge in [0.2, 0.25) is 0 Å². The molecule has 0 saturated heterocycles. The lowest BCUT2D eigenvalue weighted by Crippen LogP contribution is -2.48. The van der Waals surface area contributed by atoms with Crippen LogP contribution >= 0.6 is 0 Å². The van der Waals surface area contributed by atoms with Gasteiger partial charge in [0.05, 0.1) is 6.61 Å². The van der Waals surface area contributed by atoms with Crippen LogP contribution in [0.15, 0.2) is 24.3 Å². The Kier molecular flexibility index (Phi) is 3.64. The summed E-state index contributed by atoms with van der Waals surface area (Å²) in [5.74, 6) is 0.115. The second-order valence-corrected chi connectivity index (χ2v) is 4.76. The Morgan fingerprint density at radius 2 is 2.35 bits per heavy atom. The third kappa shape index (κ3) is 2.96. The monoisotopic (exact) mass is 239 g/mol. The molecule has 0 spiro atoms. The van der Waals surface area contributed by atoms with E-state index >= 15 is 0 Å². The van der Waals surface area contributed by atoms with Crippen molar-refractivity contribution in [3.63, 3.8) is 0 Å². The highest BCUT2D eigenvalue weighted by molar-refractivity contribution is 5.23. The molecule has 1 aliphatic carbocycles. The molecule has 2 atom stereocenters. The van der Waals surface area contributed by atoms with E-state index in [4.69, 9.17) is 10.5 Å². The van der Waals surface area contributed by atoms with Crippen molar-refractivity contribution in [3.8, 4) is 5.75 Å². The zero-order valence-electron chi connectivity index (χ0n) is 9.73. The van der Waals surface area contributed by atoms with Gasteiger partial charge in [-0.2, -0.15) is 0 Å². The fourth-order valence-electron chi connectivity index (χ4n) is 2.42. The topological polar surface area (TPSA) is 55.5 Å². The molecule has 94 valence electrons. The lowest BCUT2D eigenvalue weighted by molar-refractivity contribution is -0.0251. The Morgan fingerprint density at radius 3 is 3.00 bits per heavy atom. The molecule has 0 heterocycles. The van der Waals surface area contributed by atoms with Crippen molar-refractivity contribution in [2.75, 3.05) is 6.61 Å². The highest BCUT2D eigenvalue weighted by Crippen LogP contribution is 2.32. The molecule has 3 nitrogen and oxygen atoms in total. The molecule has 17 heavy (non-hydrogen) atoms.